The second-order valence-corrected chi connectivity index (χ2v) is 5.31. The van der Waals surface area contributed by atoms with Crippen LogP contribution in [0.15, 0.2) is 6.07 Å². The van der Waals surface area contributed by atoms with Gasteiger partial charge in [0.05, 0.1) is 18.9 Å². The van der Waals surface area contributed by atoms with Gasteiger partial charge in [0.2, 0.25) is 5.95 Å². The average molecular weight is 262 g/mol. The number of nitrogens with one attached hydrogen (secondary N) is 1. The SMILES string of the molecule is CNc1cc(C2CCCC2)nc(N2CCOCC2)n1. The van der Waals surface area contributed by atoms with E-state index in [1.54, 1.807) is 0 Å². The van der Waals surface area contributed by atoms with Crippen molar-refractivity contribution in [3.63, 3.8) is 0 Å². The molecule has 5 heteroatoms. The molecule has 1 N–H and O–H groups in total. The van der Waals surface area contributed by atoms with Gasteiger partial charge >= 0.3 is 0 Å². The van der Waals surface area contributed by atoms with Crippen molar-refractivity contribution in [2.24, 2.45) is 0 Å². The van der Waals surface area contributed by atoms with E-state index in [2.05, 4.69) is 21.3 Å². The summed E-state index contributed by atoms with van der Waals surface area (Å²) < 4.78 is 5.39. The summed E-state index contributed by atoms with van der Waals surface area (Å²) in [6.07, 6.45) is 5.19. The molecule has 0 unspecified atom stereocenters. The molecule has 1 aromatic heterocycles. The van der Waals surface area contributed by atoms with Gasteiger partial charge in [0.1, 0.15) is 5.82 Å². The van der Waals surface area contributed by atoms with E-state index in [-0.39, 0.29) is 0 Å². The van der Waals surface area contributed by atoms with Gasteiger partial charge in [0, 0.05) is 32.1 Å². The number of hydrogen-bond donors (Lipinski definition) is 1. The van der Waals surface area contributed by atoms with Gasteiger partial charge in [0.15, 0.2) is 0 Å². The topological polar surface area (TPSA) is 50.3 Å². The lowest BCUT2D eigenvalue weighted by atomic mass is 10.0. The van der Waals surface area contributed by atoms with Crippen molar-refractivity contribution in [2.75, 3.05) is 43.6 Å². The number of ether oxygens (including phenoxy) is 1. The van der Waals surface area contributed by atoms with Crippen LogP contribution in [0.1, 0.15) is 37.3 Å². The first kappa shape index (κ1) is 12.7. The van der Waals surface area contributed by atoms with Gasteiger partial charge in [-0.2, -0.15) is 4.98 Å². The summed E-state index contributed by atoms with van der Waals surface area (Å²) in [5.74, 6) is 2.41. The predicted octanol–water partition coefficient (Wildman–Crippen LogP) is 2.01. The molecule has 1 aliphatic carbocycles. The molecule has 1 saturated heterocycles. The number of anilines is 2. The Morgan fingerprint density at radius 2 is 1.95 bits per heavy atom. The molecule has 0 spiro atoms. The molecule has 0 amide bonds. The highest BCUT2D eigenvalue weighted by Gasteiger charge is 2.22. The maximum Gasteiger partial charge on any atom is 0.227 e. The third kappa shape index (κ3) is 2.81. The smallest absolute Gasteiger partial charge is 0.227 e. The molecule has 1 aromatic rings. The summed E-state index contributed by atoms with van der Waals surface area (Å²) >= 11 is 0. The lowest BCUT2D eigenvalue weighted by molar-refractivity contribution is 0.122. The van der Waals surface area contributed by atoms with E-state index in [4.69, 9.17) is 9.72 Å². The minimum atomic E-state index is 0.620. The summed E-state index contributed by atoms with van der Waals surface area (Å²) in [6.45, 7) is 3.31. The third-order valence-electron chi connectivity index (χ3n) is 4.06. The Morgan fingerprint density at radius 3 is 2.63 bits per heavy atom. The van der Waals surface area contributed by atoms with Crippen LogP contribution < -0.4 is 10.2 Å². The van der Waals surface area contributed by atoms with E-state index in [0.29, 0.717) is 5.92 Å². The Kier molecular flexibility index (Phi) is 3.82. The molecule has 3 rings (SSSR count). The van der Waals surface area contributed by atoms with Crippen LogP contribution in [0.3, 0.4) is 0 Å². The van der Waals surface area contributed by atoms with E-state index in [9.17, 15) is 0 Å². The van der Waals surface area contributed by atoms with E-state index in [0.717, 1.165) is 38.1 Å². The monoisotopic (exact) mass is 262 g/mol. The predicted molar refractivity (Wildman–Crippen MR) is 75.8 cm³/mol. The molecule has 2 heterocycles. The molecule has 0 aromatic carbocycles. The zero-order chi connectivity index (χ0) is 13.1. The van der Waals surface area contributed by atoms with Crippen LogP contribution in [0.4, 0.5) is 11.8 Å². The normalized spacial score (nSPS) is 20.8. The first-order valence-electron chi connectivity index (χ1n) is 7.26. The molecule has 1 saturated carbocycles. The minimum absolute atomic E-state index is 0.620. The fourth-order valence-electron chi connectivity index (χ4n) is 2.92. The Morgan fingerprint density at radius 1 is 1.21 bits per heavy atom. The van der Waals surface area contributed by atoms with Crippen molar-refractivity contribution in [1.82, 2.24) is 9.97 Å². The van der Waals surface area contributed by atoms with Crippen LogP contribution in [-0.2, 0) is 4.74 Å². The van der Waals surface area contributed by atoms with Crippen LogP contribution >= 0.6 is 0 Å². The summed E-state index contributed by atoms with van der Waals surface area (Å²) in [6, 6.07) is 2.11. The number of aromatic nitrogens is 2. The number of rotatable bonds is 3. The van der Waals surface area contributed by atoms with Crippen LogP contribution in [0.5, 0.6) is 0 Å². The lowest BCUT2D eigenvalue weighted by Gasteiger charge is -2.27. The second kappa shape index (κ2) is 5.74. The van der Waals surface area contributed by atoms with Gasteiger partial charge in [-0.1, -0.05) is 12.8 Å². The van der Waals surface area contributed by atoms with Crippen molar-refractivity contribution >= 4 is 11.8 Å². The van der Waals surface area contributed by atoms with Gasteiger partial charge in [0.25, 0.3) is 0 Å². The molecule has 2 fully saturated rings. The van der Waals surface area contributed by atoms with Crippen LogP contribution in [-0.4, -0.2) is 43.3 Å². The summed E-state index contributed by atoms with van der Waals surface area (Å²) in [5, 5.41) is 3.16. The maximum atomic E-state index is 5.39. The number of hydrogen-bond acceptors (Lipinski definition) is 5. The highest BCUT2D eigenvalue weighted by molar-refractivity contribution is 5.44. The molecular weight excluding hydrogens is 240 g/mol. The summed E-state index contributed by atoms with van der Waals surface area (Å²) in [4.78, 5) is 11.6. The maximum absolute atomic E-state index is 5.39. The zero-order valence-corrected chi connectivity index (χ0v) is 11.6. The van der Waals surface area contributed by atoms with Gasteiger partial charge in [-0.3, -0.25) is 0 Å². The fraction of sp³-hybridized carbons (Fsp3) is 0.714. The molecule has 104 valence electrons. The van der Waals surface area contributed by atoms with E-state index < -0.39 is 0 Å². The molecule has 0 radical (unpaired) electrons. The standard InChI is InChI=1S/C14H22N4O/c1-15-13-10-12(11-4-2-3-5-11)16-14(17-13)18-6-8-19-9-7-18/h10-11H,2-9H2,1H3,(H,15,16,17). The molecule has 1 aliphatic heterocycles. The van der Waals surface area contributed by atoms with E-state index in [1.807, 2.05) is 7.05 Å². The Balaban J connectivity index is 1.87. The largest absolute Gasteiger partial charge is 0.378 e. The van der Waals surface area contributed by atoms with Crippen molar-refractivity contribution in [1.29, 1.82) is 0 Å². The van der Waals surface area contributed by atoms with Gasteiger partial charge in [-0.15, -0.1) is 0 Å². The van der Waals surface area contributed by atoms with Crippen LogP contribution in [0, 0.1) is 0 Å². The highest BCUT2D eigenvalue weighted by atomic mass is 16.5. The molecule has 5 nitrogen and oxygen atoms in total. The van der Waals surface area contributed by atoms with Gasteiger partial charge in [-0.05, 0) is 12.8 Å². The van der Waals surface area contributed by atoms with Crippen LogP contribution in [0.25, 0.3) is 0 Å². The third-order valence-corrected chi connectivity index (χ3v) is 4.06. The summed E-state index contributed by atoms with van der Waals surface area (Å²) in [5.41, 5.74) is 1.21. The van der Waals surface area contributed by atoms with E-state index in [1.165, 1.54) is 31.4 Å². The molecule has 2 aliphatic rings. The van der Waals surface area contributed by atoms with Gasteiger partial charge in [-0.25, -0.2) is 4.98 Å². The minimum Gasteiger partial charge on any atom is -0.378 e. The summed E-state index contributed by atoms with van der Waals surface area (Å²) in [7, 11) is 1.92. The van der Waals surface area contributed by atoms with Crippen molar-refractivity contribution in [2.45, 2.75) is 31.6 Å². The van der Waals surface area contributed by atoms with Gasteiger partial charge < -0.3 is 15.0 Å². The van der Waals surface area contributed by atoms with Crippen molar-refractivity contribution in [3.05, 3.63) is 11.8 Å². The fourth-order valence-corrected chi connectivity index (χ4v) is 2.92. The number of nitrogens with zero attached hydrogens (tertiary/aromatic N) is 3. The average Bonchev–Trinajstić information content (AvgIpc) is 3.02. The Hall–Kier alpha value is -1.36. The quantitative estimate of drug-likeness (QED) is 0.903. The van der Waals surface area contributed by atoms with Crippen LogP contribution in [0.2, 0.25) is 0 Å². The molecule has 19 heavy (non-hydrogen) atoms. The number of morpholine rings is 1. The van der Waals surface area contributed by atoms with E-state index >= 15 is 0 Å². The highest BCUT2D eigenvalue weighted by Crippen LogP contribution is 2.34. The zero-order valence-electron chi connectivity index (χ0n) is 11.6. The first-order chi connectivity index (χ1) is 9.36. The molecule has 0 atom stereocenters. The molecular formula is C14H22N4O. The van der Waals surface area contributed by atoms with Crippen molar-refractivity contribution in [3.8, 4) is 0 Å². The Labute approximate surface area is 114 Å². The second-order valence-electron chi connectivity index (χ2n) is 5.31. The Bertz CT molecular complexity index is 425. The first-order valence-corrected chi connectivity index (χ1v) is 7.26. The van der Waals surface area contributed by atoms with Crippen molar-refractivity contribution < 1.29 is 4.74 Å². The molecule has 0 bridgehead atoms. The lowest BCUT2D eigenvalue weighted by Crippen LogP contribution is -2.37.